The zero-order valence-electron chi connectivity index (χ0n) is 10.8. The lowest BCUT2D eigenvalue weighted by molar-refractivity contribution is 0.0519. The van der Waals surface area contributed by atoms with E-state index in [9.17, 15) is 4.79 Å². The molecule has 0 atom stereocenters. The van der Waals surface area contributed by atoms with Gasteiger partial charge in [-0.1, -0.05) is 6.07 Å². The smallest absolute Gasteiger partial charge is 0.358 e. The summed E-state index contributed by atoms with van der Waals surface area (Å²) in [5.74, 6) is -0.444. The van der Waals surface area contributed by atoms with Gasteiger partial charge in [0.1, 0.15) is 0 Å². The lowest BCUT2D eigenvalue weighted by Crippen LogP contribution is -2.06. The summed E-state index contributed by atoms with van der Waals surface area (Å²) in [4.78, 5) is 11.6. The number of nitriles is 1. The van der Waals surface area contributed by atoms with Crippen molar-refractivity contribution in [2.75, 3.05) is 6.61 Å². The van der Waals surface area contributed by atoms with Gasteiger partial charge in [0.2, 0.25) is 0 Å². The van der Waals surface area contributed by atoms with Crippen LogP contribution in [0.1, 0.15) is 28.7 Å². The summed E-state index contributed by atoms with van der Waals surface area (Å²) < 4.78 is 6.53. The van der Waals surface area contributed by atoms with Gasteiger partial charge < -0.3 is 4.74 Å². The first-order chi connectivity index (χ1) is 9.15. The molecule has 1 aromatic heterocycles. The van der Waals surface area contributed by atoms with Crippen molar-refractivity contribution in [1.82, 2.24) is 9.78 Å². The van der Waals surface area contributed by atoms with Crippen molar-refractivity contribution in [2.24, 2.45) is 0 Å². The number of hydrogen-bond acceptors (Lipinski definition) is 4. The zero-order chi connectivity index (χ0) is 13.8. The average Bonchev–Trinajstić information content (AvgIpc) is 2.81. The van der Waals surface area contributed by atoms with Crippen LogP contribution >= 0.6 is 0 Å². The van der Waals surface area contributed by atoms with E-state index < -0.39 is 5.97 Å². The molecule has 1 heterocycles. The van der Waals surface area contributed by atoms with Crippen molar-refractivity contribution in [3.63, 3.8) is 0 Å². The normalized spacial score (nSPS) is 9.95. The number of nitrogens with zero attached hydrogens (tertiary/aromatic N) is 3. The van der Waals surface area contributed by atoms with E-state index in [-0.39, 0.29) is 5.69 Å². The lowest BCUT2D eigenvalue weighted by atomic mass is 10.2. The van der Waals surface area contributed by atoms with Crippen LogP contribution in [-0.2, 0) is 4.74 Å². The van der Waals surface area contributed by atoms with Gasteiger partial charge in [0, 0.05) is 5.69 Å². The molecule has 0 amide bonds. The Morgan fingerprint density at radius 3 is 2.95 bits per heavy atom. The Labute approximate surface area is 111 Å². The summed E-state index contributed by atoms with van der Waals surface area (Å²) in [5.41, 5.74) is 2.36. The Morgan fingerprint density at radius 2 is 2.26 bits per heavy atom. The van der Waals surface area contributed by atoms with Gasteiger partial charge in [-0.2, -0.15) is 10.4 Å². The first kappa shape index (κ1) is 12.8. The molecule has 0 saturated carbocycles. The number of carbonyl (C=O) groups excluding carboxylic acids is 1. The second kappa shape index (κ2) is 5.36. The van der Waals surface area contributed by atoms with Crippen LogP contribution in [0.3, 0.4) is 0 Å². The van der Waals surface area contributed by atoms with E-state index >= 15 is 0 Å². The van der Waals surface area contributed by atoms with E-state index in [1.807, 2.05) is 13.0 Å². The molecule has 0 aliphatic heterocycles. The van der Waals surface area contributed by atoms with Crippen LogP contribution in [0.25, 0.3) is 5.69 Å². The fourth-order valence-corrected chi connectivity index (χ4v) is 1.75. The quantitative estimate of drug-likeness (QED) is 0.789. The zero-order valence-corrected chi connectivity index (χ0v) is 10.8. The average molecular weight is 255 g/mol. The third-order valence-corrected chi connectivity index (χ3v) is 2.59. The molecule has 1 aromatic carbocycles. The third kappa shape index (κ3) is 2.63. The highest BCUT2D eigenvalue weighted by Gasteiger charge is 2.14. The third-order valence-electron chi connectivity index (χ3n) is 2.59. The SMILES string of the molecule is CCOC(=O)c1cc(C)n(-c2cccc(C#N)c2)n1. The molecule has 96 valence electrons. The number of rotatable bonds is 3. The maximum Gasteiger partial charge on any atom is 0.358 e. The summed E-state index contributed by atoms with van der Waals surface area (Å²) in [5, 5.41) is 13.1. The van der Waals surface area contributed by atoms with Crippen LogP contribution in [0.4, 0.5) is 0 Å². The van der Waals surface area contributed by atoms with Crippen molar-refractivity contribution in [1.29, 1.82) is 5.26 Å². The van der Waals surface area contributed by atoms with Gasteiger partial charge in [0.25, 0.3) is 0 Å². The number of ether oxygens (including phenoxy) is 1. The fraction of sp³-hybridized carbons (Fsp3) is 0.214. The van der Waals surface area contributed by atoms with Gasteiger partial charge in [-0.05, 0) is 38.1 Å². The summed E-state index contributed by atoms with van der Waals surface area (Å²) >= 11 is 0. The fourth-order valence-electron chi connectivity index (χ4n) is 1.75. The molecule has 0 aliphatic carbocycles. The Morgan fingerprint density at radius 1 is 1.47 bits per heavy atom. The predicted molar refractivity (Wildman–Crippen MR) is 69.0 cm³/mol. The van der Waals surface area contributed by atoms with Crippen LogP contribution in [0.2, 0.25) is 0 Å². The maximum atomic E-state index is 11.6. The standard InChI is InChI=1S/C14H13N3O2/c1-3-19-14(18)13-7-10(2)17(16-13)12-6-4-5-11(8-12)9-15/h4-8H,3H2,1-2H3. The Bertz CT molecular complexity index is 653. The van der Waals surface area contributed by atoms with Gasteiger partial charge in [0.15, 0.2) is 5.69 Å². The Hall–Kier alpha value is -2.61. The Balaban J connectivity index is 2.40. The van der Waals surface area contributed by atoms with Gasteiger partial charge in [-0.15, -0.1) is 0 Å². The number of esters is 1. The number of benzene rings is 1. The summed E-state index contributed by atoms with van der Waals surface area (Å²) in [7, 11) is 0. The van der Waals surface area contributed by atoms with Gasteiger partial charge >= 0.3 is 5.97 Å². The second-order valence-corrected chi connectivity index (χ2v) is 3.97. The highest BCUT2D eigenvalue weighted by atomic mass is 16.5. The van der Waals surface area contributed by atoms with Crippen LogP contribution in [-0.4, -0.2) is 22.4 Å². The molecule has 0 aliphatic rings. The molecule has 0 bridgehead atoms. The van der Waals surface area contributed by atoms with E-state index in [1.54, 1.807) is 35.9 Å². The van der Waals surface area contributed by atoms with Crippen LogP contribution in [0, 0.1) is 18.3 Å². The molecule has 0 unspecified atom stereocenters. The van der Waals surface area contributed by atoms with E-state index in [1.165, 1.54) is 0 Å². The van der Waals surface area contributed by atoms with Gasteiger partial charge in [0.05, 0.1) is 23.9 Å². The number of aryl methyl sites for hydroxylation is 1. The molecular weight excluding hydrogens is 242 g/mol. The number of carbonyl (C=O) groups is 1. The van der Waals surface area contributed by atoms with E-state index in [0.717, 1.165) is 11.4 Å². The molecule has 5 nitrogen and oxygen atoms in total. The van der Waals surface area contributed by atoms with Crippen molar-refractivity contribution >= 4 is 5.97 Å². The summed E-state index contributed by atoms with van der Waals surface area (Å²) in [6, 6.07) is 10.8. The van der Waals surface area contributed by atoms with Crippen LogP contribution in [0.5, 0.6) is 0 Å². The first-order valence-electron chi connectivity index (χ1n) is 5.90. The highest BCUT2D eigenvalue weighted by molar-refractivity contribution is 5.87. The second-order valence-electron chi connectivity index (χ2n) is 3.97. The minimum atomic E-state index is -0.444. The predicted octanol–water partition coefficient (Wildman–Crippen LogP) is 2.23. The molecule has 0 radical (unpaired) electrons. The minimum Gasteiger partial charge on any atom is -0.461 e. The molecule has 2 aromatic rings. The largest absolute Gasteiger partial charge is 0.461 e. The minimum absolute atomic E-state index is 0.265. The number of hydrogen-bond donors (Lipinski definition) is 0. The highest BCUT2D eigenvalue weighted by Crippen LogP contribution is 2.14. The van der Waals surface area contributed by atoms with Crippen LogP contribution in [0.15, 0.2) is 30.3 Å². The molecule has 5 heteroatoms. The first-order valence-corrected chi connectivity index (χ1v) is 5.90. The van der Waals surface area contributed by atoms with Gasteiger partial charge in [-0.25, -0.2) is 9.48 Å². The monoisotopic (exact) mass is 255 g/mol. The van der Waals surface area contributed by atoms with E-state index in [2.05, 4.69) is 11.2 Å². The van der Waals surface area contributed by atoms with Crippen molar-refractivity contribution < 1.29 is 9.53 Å². The van der Waals surface area contributed by atoms with Crippen molar-refractivity contribution in [3.8, 4) is 11.8 Å². The molecule has 2 rings (SSSR count). The topological polar surface area (TPSA) is 67.9 Å². The summed E-state index contributed by atoms with van der Waals surface area (Å²) in [6.45, 7) is 3.90. The summed E-state index contributed by atoms with van der Waals surface area (Å²) in [6.07, 6.45) is 0. The Kier molecular flexibility index (Phi) is 3.62. The number of aromatic nitrogens is 2. The molecule has 19 heavy (non-hydrogen) atoms. The molecular formula is C14H13N3O2. The maximum absolute atomic E-state index is 11.6. The molecule has 0 N–H and O–H groups in total. The van der Waals surface area contributed by atoms with Crippen LogP contribution < -0.4 is 0 Å². The molecule has 0 fully saturated rings. The lowest BCUT2D eigenvalue weighted by Gasteiger charge is -2.04. The van der Waals surface area contributed by atoms with Crippen molar-refractivity contribution in [2.45, 2.75) is 13.8 Å². The van der Waals surface area contributed by atoms with Gasteiger partial charge in [-0.3, -0.25) is 0 Å². The van der Waals surface area contributed by atoms with E-state index in [0.29, 0.717) is 12.2 Å². The molecule has 0 spiro atoms. The van der Waals surface area contributed by atoms with E-state index in [4.69, 9.17) is 10.00 Å². The molecule has 0 saturated heterocycles. The van der Waals surface area contributed by atoms with Crippen molar-refractivity contribution in [3.05, 3.63) is 47.3 Å².